The zero-order chi connectivity index (χ0) is 13.5. The second-order valence-corrected chi connectivity index (χ2v) is 5.73. The maximum Gasteiger partial charge on any atom is 0.245 e. The average molecular weight is 285 g/mol. The summed E-state index contributed by atoms with van der Waals surface area (Å²) in [6.07, 6.45) is 7.46. The van der Waals surface area contributed by atoms with Crippen molar-refractivity contribution in [2.45, 2.75) is 51.2 Å². The van der Waals surface area contributed by atoms with Gasteiger partial charge in [-0.2, -0.15) is 4.37 Å². The van der Waals surface area contributed by atoms with Crippen molar-refractivity contribution in [3.8, 4) is 5.88 Å². The first-order chi connectivity index (χ1) is 9.29. The Hall–Kier alpha value is -0.720. The summed E-state index contributed by atoms with van der Waals surface area (Å²) in [6.45, 7) is 3.10. The molecule has 1 saturated carbocycles. The summed E-state index contributed by atoms with van der Waals surface area (Å²) in [6, 6.07) is 0.550. The minimum absolute atomic E-state index is 0.266. The highest BCUT2D eigenvalue weighted by molar-refractivity contribution is 6.99. The zero-order valence-electron chi connectivity index (χ0n) is 11.4. The van der Waals surface area contributed by atoms with Gasteiger partial charge in [0.05, 0.1) is 11.7 Å². The second-order valence-electron chi connectivity index (χ2n) is 5.18. The molecule has 0 amide bonds. The Morgan fingerprint density at radius 3 is 3.11 bits per heavy atom. The molecule has 0 saturated heterocycles. The molecular weight excluding hydrogens is 262 g/mol. The van der Waals surface area contributed by atoms with E-state index < -0.39 is 6.10 Å². The normalized spacial score (nSPS) is 25.2. The number of nitrogens with one attached hydrogen (secondary N) is 1. The molecule has 3 unspecified atom stereocenters. The van der Waals surface area contributed by atoms with E-state index in [0.29, 0.717) is 18.5 Å². The number of aliphatic hydroxyl groups excluding tert-OH is 1. The molecule has 1 aromatic heterocycles. The van der Waals surface area contributed by atoms with Gasteiger partial charge in [-0.15, -0.1) is 4.37 Å². The van der Waals surface area contributed by atoms with Gasteiger partial charge in [-0.25, -0.2) is 0 Å². The Balaban J connectivity index is 1.66. The van der Waals surface area contributed by atoms with E-state index in [2.05, 4.69) is 21.0 Å². The summed E-state index contributed by atoms with van der Waals surface area (Å²) in [5, 5.41) is 13.4. The molecule has 2 rings (SSSR count). The molecular formula is C13H23N3O2S. The van der Waals surface area contributed by atoms with Gasteiger partial charge in [0.2, 0.25) is 5.88 Å². The van der Waals surface area contributed by atoms with E-state index in [9.17, 15) is 5.11 Å². The standard InChI is InChI=1S/C13H23N3O2S/c1-2-10-5-3-4-6-12(10)14-7-11(17)9-18-13-8-15-19-16-13/h8,10-12,14,17H,2-7,9H2,1H3. The molecule has 6 heteroatoms. The molecule has 5 nitrogen and oxygen atoms in total. The fraction of sp³-hybridized carbons (Fsp3) is 0.846. The highest BCUT2D eigenvalue weighted by atomic mass is 32.1. The summed E-state index contributed by atoms with van der Waals surface area (Å²) >= 11 is 1.11. The number of rotatable bonds is 7. The van der Waals surface area contributed by atoms with Crippen molar-refractivity contribution >= 4 is 11.7 Å². The maximum absolute atomic E-state index is 9.91. The van der Waals surface area contributed by atoms with Crippen molar-refractivity contribution in [1.29, 1.82) is 0 Å². The van der Waals surface area contributed by atoms with E-state index >= 15 is 0 Å². The van der Waals surface area contributed by atoms with Gasteiger partial charge in [-0.3, -0.25) is 0 Å². The van der Waals surface area contributed by atoms with Crippen molar-refractivity contribution < 1.29 is 9.84 Å². The fourth-order valence-corrected chi connectivity index (χ4v) is 3.08. The summed E-state index contributed by atoms with van der Waals surface area (Å²) < 4.78 is 13.1. The summed E-state index contributed by atoms with van der Waals surface area (Å²) in [5.41, 5.74) is 0. The van der Waals surface area contributed by atoms with Crippen LogP contribution in [-0.4, -0.2) is 39.2 Å². The van der Waals surface area contributed by atoms with Crippen molar-refractivity contribution in [1.82, 2.24) is 14.1 Å². The molecule has 0 aliphatic heterocycles. The molecule has 0 spiro atoms. The topological polar surface area (TPSA) is 67.3 Å². The molecule has 1 aliphatic rings. The number of hydrogen-bond acceptors (Lipinski definition) is 6. The van der Waals surface area contributed by atoms with Crippen LogP contribution >= 0.6 is 11.7 Å². The molecule has 1 aliphatic carbocycles. The molecule has 2 N–H and O–H groups in total. The van der Waals surface area contributed by atoms with Crippen LogP contribution in [0.3, 0.4) is 0 Å². The lowest BCUT2D eigenvalue weighted by atomic mass is 9.83. The van der Waals surface area contributed by atoms with Gasteiger partial charge in [0.15, 0.2) is 0 Å². The van der Waals surface area contributed by atoms with Crippen LogP contribution in [0.2, 0.25) is 0 Å². The van der Waals surface area contributed by atoms with Crippen molar-refractivity contribution in [3.63, 3.8) is 0 Å². The van der Waals surface area contributed by atoms with Gasteiger partial charge in [-0.1, -0.05) is 26.2 Å². The maximum atomic E-state index is 9.91. The van der Waals surface area contributed by atoms with E-state index in [1.54, 1.807) is 6.20 Å². The van der Waals surface area contributed by atoms with Crippen LogP contribution in [0.4, 0.5) is 0 Å². The van der Waals surface area contributed by atoms with Gasteiger partial charge >= 0.3 is 0 Å². The number of aromatic nitrogens is 2. The predicted octanol–water partition coefficient (Wildman–Crippen LogP) is 1.84. The summed E-state index contributed by atoms with van der Waals surface area (Å²) in [5.74, 6) is 1.25. The van der Waals surface area contributed by atoms with Gasteiger partial charge in [-0.05, 0) is 18.8 Å². The van der Waals surface area contributed by atoms with Crippen LogP contribution in [0, 0.1) is 5.92 Å². The van der Waals surface area contributed by atoms with Crippen molar-refractivity contribution in [2.24, 2.45) is 5.92 Å². The lowest BCUT2D eigenvalue weighted by Gasteiger charge is -2.32. The first kappa shape index (κ1) is 14.7. The monoisotopic (exact) mass is 285 g/mol. The lowest BCUT2D eigenvalue weighted by molar-refractivity contribution is 0.0956. The minimum atomic E-state index is -0.499. The van der Waals surface area contributed by atoms with Crippen LogP contribution in [0.15, 0.2) is 6.20 Å². The number of hydrogen-bond donors (Lipinski definition) is 2. The predicted molar refractivity (Wildman–Crippen MR) is 75.5 cm³/mol. The Bertz CT molecular complexity index is 348. The van der Waals surface area contributed by atoms with Crippen molar-refractivity contribution in [3.05, 3.63) is 6.20 Å². The zero-order valence-corrected chi connectivity index (χ0v) is 12.2. The van der Waals surface area contributed by atoms with E-state index in [0.717, 1.165) is 17.6 Å². The smallest absolute Gasteiger partial charge is 0.245 e. The van der Waals surface area contributed by atoms with Crippen LogP contribution in [0.1, 0.15) is 39.0 Å². The Labute approximate surface area is 118 Å². The third kappa shape index (κ3) is 4.71. The van der Waals surface area contributed by atoms with E-state index in [4.69, 9.17) is 4.74 Å². The van der Waals surface area contributed by atoms with Gasteiger partial charge in [0.1, 0.15) is 18.9 Å². The minimum Gasteiger partial charge on any atom is -0.473 e. The SMILES string of the molecule is CCC1CCCCC1NCC(O)COc1cnsn1. The highest BCUT2D eigenvalue weighted by Crippen LogP contribution is 2.26. The second kappa shape index (κ2) is 7.77. The molecule has 3 atom stereocenters. The van der Waals surface area contributed by atoms with Crippen LogP contribution in [0.5, 0.6) is 5.88 Å². The lowest BCUT2D eigenvalue weighted by Crippen LogP contribution is -2.43. The van der Waals surface area contributed by atoms with E-state index in [1.165, 1.54) is 32.1 Å². The Morgan fingerprint density at radius 1 is 1.53 bits per heavy atom. The van der Waals surface area contributed by atoms with Crippen LogP contribution in [0.25, 0.3) is 0 Å². The van der Waals surface area contributed by atoms with Crippen molar-refractivity contribution in [2.75, 3.05) is 13.2 Å². The number of aliphatic hydroxyl groups is 1. The molecule has 1 fully saturated rings. The number of ether oxygens (including phenoxy) is 1. The molecule has 0 aromatic carbocycles. The summed E-state index contributed by atoms with van der Waals surface area (Å²) in [4.78, 5) is 0. The Morgan fingerprint density at radius 2 is 2.37 bits per heavy atom. The van der Waals surface area contributed by atoms with Gasteiger partial charge < -0.3 is 15.2 Å². The highest BCUT2D eigenvalue weighted by Gasteiger charge is 2.23. The molecule has 108 valence electrons. The molecule has 0 bridgehead atoms. The molecule has 1 aromatic rings. The van der Waals surface area contributed by atoms with E-state index in [1.807, 2.05) is 0 Å². The van der Waals surface area contributed by atoms with Crippen LogP contribution in [-0.2, 0) is 0 Å². The summed E-state index contributed by atoms with van der Waals surface area (Å²) in [7, 11) is 0. The largest absolute Gasteiger partial charge is 0.473 e. The number of nitrogens with zero attached hydrogens (tertiary/aromatic N) is 2. The first-order valence-electron chi connectivity index (χ1n) is 7.11. The van der Waals surface area contributed by atoms with Gasteiger partial charge in [0.25, 0.3) is 0 Å². The molecule has 0 radical (unpaired) electrons. The molecule has 1 heterocycles. The van der Waals surface area contributed by atoms with Gasteiger partial charge in [0, 0.05) is 12.6 Å². The van der Waals surface area contributed by atoms with Crippen LogP contribution < -0.4 is 10.1 Å². The third-order valence-electron chi connectivity index (χ3n) is 3.81. The third-order valence-corrected chi connectivity index (χ3v) is 4.28. The Kier molecular flexibility index (Phi) is 6.00. The quantitative estimate of drug-likeness (QED) is 0.800. The average Bonchev–Trinajstić information content (AvgIpc) is 2.96. The first-order valence-corrected chi connectivity index (χ1v) is 7.84. The molecule has 19 heavy (non-hydrogen) atoms. The van der Waals surface area contributed by atoms with E-state index in [-0.39, 0.29) is 6.61 Å². The fourth-order valence-electron chi connectivity index (χ4n) is 2.71.